The van der Waals surface area contributed by atoms with Gasteiger partial charge in [0.1, 0.15) is 0 Å². The highest BCUT2D eigenvalue weighted by molar-refractivity contribution is 5.76. The molecule has 3 heterocycles. The predicted molar refractivity (Wildman–Crippen MR) is 81.5 cm³/mol. The summed E-state index contributed by atoms with van der Waals surface area (Å²) < 4.78 is 6.08. The van der Waals surface area contributed by atoms with Crippen molar-refractivity contribution in [2.75, 3.05) is 13.1 Å². The van der Waals surface area contributed by atoms with Gasteiger partial charge in [-0.15, -0.1) is 0 Å². The van der Waals surface area contributed by atoms with Crippen molar-refractivity contribution >= 4 is 5.91 Å². The van der Waals surface area contributed by atoms with E-state index in [1.807, 2.05) is 4.90 Å². The predicted octanol–water partition coefficient (Wildman–Crippen LogP) is 1.09. The lowest BCUT2D eigenvalue weighted by Gasteiger charge is -2.26. The first kappa shape index (κ1) is 15.4. The van der Waals surface area contributed by atoms with E-state index in [1.54, 1.807) is 18.5 Å². The Kier molecular flexibility index (Phi) is 4.80. The van der Waals surface area contributed by atoms with E-state index in [0.717, 1.165) is 25.9 Å². The summed E-state index contributed by atoms with van der Waals surface area (Å²) in [4.78, 5) is 34.0. The van der Waals surface area contributed by atoms with Crippen LogP contribution in [0.2, 0.25) is 0 Å². The van der Waals surface area contributed by atoms with Crippen LogP contribution in [-0.2, 0) is 11.3 Å². The van der Waals surface area contributed by atoms with Crippen LogP contribution in [0.15, 0.2) is 27.8 Å². The van der Waals surface area contributed by atoms with E-state index < -0.39 is 5.76 Å². The maximum atomic E-state index is 12.1. The zero-order valence-electron chi connectivity index (χ0n) is 12.8. The lowest BCUT2D eigenvalue weighted by molar-refractivity contribution is -0.132. The monoisotopic (exact) mass is 317 g/mol. The number of carbonyl (C=O) groups is 1. The van der Waals surface area contributed by atoms with Crippen LogP contribution in [0.3, 0.4) is 0 Å². The van der Waals surface area contributed by atoms with E-state index in [1.165, 1.54) is 11.0 Å². The van der Waals surface area contributed by atoms with Gasteiger partial charge in [-0.2, -0.15) is 0 Å². The molecule has 0 atom stereocenters. The fraction of sp³-hybridized carbons (Fsp3) is 0.533. The minimum Gasteiger partial charge on any atom is -0.343 e. The van der Waals surface area contributed by atoms with Crippen molar-refractivity contribution in [2.45, 2.75) is 38.6 Å². The van der Waals surface area contributed by atoms with Crippen molar-refractivity contribution in [3.05, 3.63) is 29.0 Å². The summed E-state index contributed by atoms with van der Waals surface area (Å²) in [6.45, 7) is 2.04. The van der Waals surface area contributed by atoms with Crippen LogP contribution in [0.25, 0.3) is 11.6 Å². The highest BCUT2D eigenvalue weighted by atomic mass is 16.5. The maximum absolute atomic E-state index is 12.1. The van der Waals surface area contributed by atoms with Gasteiger partial charge >= 0.3 is 5.76 Å². The fourth-order valence-corrected chi connectivity index (χ4v) is 2.73. The molecule has 0 spiro atoms. The van der Waals surface area contributed by atoms with Gasteiger partial charge in [-0.05, 0) is 31.7 Å². The van der Waals surface area contributed by atoms with E-state index >= 15 is 0 Å². The van der Waals surface area contributed by atoms with Crippen molar-refractivity contribution in [3.8, 4) is 11.6 Å². The number of piperidine rings is 1. The van der Waals surface area contributed by atoms with Crippen LogP contribution in [-0.4, -0.2) is 43.6 Å². The number of likely N-dealkylation sites (tertiary alicyclic amines) is 1. The molecule has 0 radical (unpaired) electrons. The lowest BCUT2D eigenvalue weighted by Crippen LogP contribution is -2.35. The van der Waals surface area contributed by atoms with E-state index in [4.69, 9.17) is 4.52 Å². The Labute approximate surface area is 133 Å². The second-order valence-corrected chi connectivity index (χ2v) is 5.54. The molecular formula is C15H19N5O3. The van der Waals surface area contributed by atoms with Crippen molar-refractivity contribution in [1.82, 2.24) is 24.6 Å². The molecule has 8 nitrogen and oxygen atoms in total. The fourth-order valence-electron chi connectivity index (χ4n) is 2.73. The minimum absolute atomic E-state index is 0.145. The average Bonchev–Trinajstić information content (AvgIpc) is 2.97. The molecule has 1 aliphatic rings. The number of carbonyl (C=O) groups excluding carboxylic acids is 1. The summed E-state index contributed by atoms with van der Waals surface area (Å²) in [7, 11) is 0. The number of hydrogen-bond donors (Lipinski definition) is 0. The SMILES string of the molecule is O=C(CCCn1c(-c2ncccn2)noc1=O)N1CCCCC1. The van der Waals surface area contributed by atoms with Gasteiger partial charge in [0.05, 0.1) is 0 Å². The van der Waals surface area contributed by atoms with Gasteiger partial charge in [-0.3, -0.25) is 13.9 Å². The van der Waals surface area contributed by atoms with Crippen molar-refractivity contribution in [2.24, 2.45) is 0 Å². The van der Waals surface area contributed by atoms with Crippen LogP contribution in [0, 0.1) is 0 Å². The molecule has 0 saturated carbocycles. The Balaban J connectivity index is 1.61. The zero-order valence-corrected chi connectivity index (χ0v) is 12.8. The van der Waals surface area contributed by atoms with Crippen LogP contribution in [0.4, 0.5) is 0 Å². The van der Waals surface area contributed by atoms with Gasteiger partial charge in [0.15, 0.2) is 5.82 Å². The standard InChI is InChI=1S/C15H19N5O3/c21-12(19-9-2-1-3-10-19)6-4-11-20-14(18-23-15(20)22)13-16-7-5-8-17-13/h5,7-8H,1-4,6,9-11H2. The molecule has 0 bridgehead atoms. The molecular weight excluding hydrogens is 298 g/mol. The molecule has 2 aromatic rings. The van der Waals surface area contributed by atoms with Crippen LogP contribution in [0.5, 0.6) is 0 Å². The van der Waals surface area contributed by atoms with Gasteiger partial charge in [0, 0.05) is 38.4 Å². The van der Waals surface area contributed by atoms with Crippen molar-refractivity contribution < 1.29 is 9.32 Å². The third kappa shape index (κ3) is 3.64. The quantitative estimate of drug-likeness (QED) is 0.819. The summed E-state index contributed by atoms with van der Waals surface area (Å²) in [6, 6.07) is 1.68. The maximum Gasteiger partial charge on any atom is 0.441 e. The zero-order chi connectivity index (χ0) is 16.1. The second-order valence-electron chi connectivity index (χ2n) is 5.54. The van der Waals surface area contributed by atoms with E-state index in [2.05, 4.69) is 15.1 Å². The third-order valence-corrected chi connectivity index (χ3v) is 3.93. The van der Waals surface area contributed by atoms with Crippen LogP contribution in [0.1, 0.15) is 32.1 Å². The Morgan fingerprint density at radius 3 is 2.65 bits per heavy atom. The molecule has 3 rings (SSSR count). The van der Waals surface area contributed by atoms with Gasteiger partial charge in [-0.25, -0.2) is 14.8 Å². The Morgan fingerprint density at radius 1 is 1.17 bits per heavy atom. The second kappa shape index (κ2) is 7.17. The summed E-state index contributed by atoms with van der Waals surface area (Å²) >= 11 is 0. The highest BCUT2D eigenvalue weighted by Gasteiger charge is 2.18. The lowest BCUT2D eigenvalue weighted by atomic mass is 10.1. The van der Waals surface area contributed by atoms with Gasteiger partial charge in [0.2, 0.25) is 11.7 Å². The number of rotatable bonds is 5. The first-order valence-corrected chi connectivity index (χ1v) is 7.87. The van der Waals surface area contributed by atoms with Gasteiger partial charge < -0.3 is 4.90 Å². The summed E-state index contributed by atoms with van der Waals surface area (Å²) in [5.74, 6) is 0.214. The molecule has 0 N–H and O–H groups in total. The first-order chi connectivity index (χ1) is 11.3. The van der Waals surface area contributed by atoms with E-state index in [9.17, 15) is 9.59 Å². The van der Waals surface area contributed by atoms with Crippen LogP contribution < -0.4 is 5.76 Å². The van der Waals surface area contributed by atoms with Gasteiger partial charge in [-0.1, -0.05) is 5.16 Å². The van der Waals surface area contributed by atoms with Crippen LogP contribution >= 0.6 is 0 Å². The largest absolute Gasteiger partial charge is 0.441 e. The molecule has 23 heavy (non-hydrogen) atoms. The number of aromatic nitrogens is 4. The van der Waals surface area contributed by atoms with E-state index in [0.29, 0.717) is 31.0 Å². The molecule has 1 saturated heterocycles. The van der Waals surface area contributed by atoms with E-state index in [-0.39, 0.29) is 5.91 Å². The Bertz CT molecular complexity index is 703. The third-order valence-electron chi connectivity index (χ3n) is 3.93. The topological polar surface area (TPSA) is 94.1 Å². The minimum atomic E-state index is -0.558. The molecule has 8 heteroatoms. The molecule has 0 unspecified atom stereocenters. The normalized spacial score (nSPS) is 14.9. The first-order valence-electron chi connectivity index (χ1n) is 7.87. The van der Waals surface area contributed by atoms with Gasteiger partial charge in [0.25, 0.3) is 0 Å². The number of hydrogen-bond acceptors (Lipinski definition) is 6. The molecule has 2 aromatic heterocycles. The number of amides is 1. The molecule has 1 fully saturated rings. The Hall–Kier alpha value is -2.51. The molecule has 1 aliphatic heterocycles. The smallest absolute Gasteiger partial charge is 0.343 e. The summed E-state index contributed by atoms with van der Waals surface area (Å²) in [6.07, 6.45) is 7.46. The molecule has 0 aliphatic carbocycles. The van der Waals surface area contributed by atoms with Crippen molar-refractivity contribution in [3.63, 3.8) is 0 Å². The molecule has 1 amide bonds. The number of nitrogens with zero attached hydrogens (tertiary/aromatic N) is 5. The highest BCUT2D eigenvalue weighted by Crippen LogP contribution is 2.12. The molecule has 122 valence electrons. The molecule has 0 aromatic carbocycles. The summed E-state index contributed by atoms with van der Waals surface area (Å²) in [5, 5.41) is 3.73. The Morgan fingerprint density at radius 2 is 1.91 bits per heavy atom. The van der Waals surface area contributed by atoms with Crippen molar-refractivity contribution in [1.29, 1.82) is 0 Å². The summed E-state index contributed by atoms with van der Waals surface area (Å²) in [5.41, 5.74) is 0. The average molecular weight is 317 g/mol.